The van der Waals surface area contributed by atoms with Gasteiger partial charge >= 0.3 is 0 Å². The van der Waals surface area contributed by atoms with E-state index in [2.05, 4.69) is 55.4 Å². The molecule has 0 heterocycles. The lowest BCUT2D eigenvalue weighted by Gasteiger charge is -2.29. The van der Waals surface area contributed by atoms with Crippen molar-refractivity contribution in [2.75, 3.05) is 5.75 Å². The van der Waals surface area contributed by atoms with Gasteiger partial charge in [-0.25, -0.2) is 0 Å². The summed E-state index contributed by atoms with van der Waals surface area (Å²) in [5, 5.41) is 0. The number of hydrogen-bond acceptors (Lipinski definition) is 4. The van der Waals surface area contributed by atoms with Crippen molar-refractivity contribution in [3.05, 3.63) is 0 Å². The lowest BCUT2D eigenvalue weighted by atomic mass is 10.1. The van der Waals surface area contributed by atoms with E-state index in [4.69, 9.17) is 20.9 Å². The molecule has 2 unspecified atom stereocenters. The van der Waals surface area contributed by atoms with E-state index >= 15 is 0 Å². The van der Waals surface area contributed by atoms with Gasteiger partial charge in [0.05, 0.1) is 12.2 Å². The standard InChI is InChI=1S/C16H35O2PS2/c1-12(2)9-15(7)17-19(20,21-11-14(5)6)18-16(8)10-13(3)4/h12-16H,9-11H2,1-8H3. The van der Waals surface area contributed by atoms with Crippen LogP contribution in [0.2, 0.25) is 0 Å². The predicted molar refractivity (Wildman–Crippen MR) is 102 cm³/mol. The smallest absolute Gasteiger partial charge is 0.247 e. The van der Waals surface area contributed by atoms with Crippen LogP contribution in [0.1, 0.15) is 68.2 Å². The first-order chi connectivity index (χ1) is 9.54. The summed E-state index contributed by atoms with van der Waals surface area (Å²) < 4.78 is 12.4. The summed E-state index contributed by atoms with van der Waals surface area (Å²) in [6.45, 7) is 17.5. The molecule has 0 aliphatic rings. The highest BCUT2D eigenvalue weighted by Gasteiger charge is 2.26. The van der Waals surface area contributed by atoms with Crippen LogP contribution in [0, 0.1) is 17.8 Å². The zero-order valence-electron chi connectivity index (χ0n) is 15.1. The molecule has 21 heavy (non-hydrogen) atoms. The molecule has 0 N–H and O–H groups in total. The van der Waals surface area contributed by atoms with Gasteiger partial charge in [0.25, 0.3) is 0 Å². The molecule has 0 fully saturated rings. The Morgan fingerprint density at radius 2 is 1.14 bits per heavy atom. The van der Waals surface area contributed by atoms with E-state index in [-0.39, 0.29) is 12.2 Å². The monoisotopic (exact) mass is 354 g/mol. The first-order valence-electron chi connectivity index (χ1n) is 8.15. The second-order valence-corrected chi connectivity index (χ2v) is 13.5. The second-order valence-electron chi connectivity index (χ2n) is 7.23. The lowest BCUT2D eigenvalue weighted by Crippen LogP contribution is -2.14. The molecule has 0 rings (SSSR count). The summed E-state index contributed by atoms with van der Waals surface area (Å²) in [4.78, 5) is 0. The normalized spacial score (nSPS) is 18.2. The van der Waals surface area contributed by atoms with Crippen molar-refractivity contribution in [1.29, 1.82) is 0 Å². The Kier molecular flexibility index (Phi) is 11.1. The van der Waals surface area contributed by atoms with Crippen LogP contribution < -0.4 is 0 Å². The molecule has 0 aliphatic heterocycles. The van der Waals surface area contributed by atoms with Crippen LogP contribution in [0.15, 0.2) is 0 Å². The van der Waals surface area contributed by atoms with Crippen molar-refractivity contribution in [3.8, 4) is 0 Å². The molecule has 0 radical (unpaired) electrons. The maximum Gasteiger partial charge on any atom is 0.247 e. The Morgan fingerprint density at radius 1 is 0.762 bits per heavy atom. The van der Waals surface area contributed by atoms with E-state index in [1.54, 1.807) is 11.4 Å². The van der Waals surface area contributed by atoms with Crippen molar-refractivity contribution < 1.29 is 9.05 Å². The first-order valence-corrected chi connectivity index (χ1v) is 12.4. The van der Waals surface area contributed by atoms with Gasteiger partial charge in [0, 0.05) is 5.75 Å². The molecule has 0 saturated carbocycles. The third-order valence-corrected chi connectivity index (χ3v) is 8.54. The summed E-state index contributed by atoms with van der Waals surface area (Å²) in [5.74, 6) is 2.84. The van der Waals surface area contributed by atoms with Gasteiger partial charge in [-0.15, -0.1) is 0 Å². The molecular formula is C16H35O2PS2. The van der Waals surface area contributed by atoms with Gasteiger partial charge in [0.2, 0.25) is 5.69 Å². The fourth-order valence-electron chi connectivity index (χ4n) is 2.18. The van der Waals surface area contributed by atoms with Crippen molar-refractivity contribution >= 4 is 28.9 Å². The topological polar surface area (TPSA) is 18.5 Å². The molecule has 0 amide bonds. The molecule has 0 aromatic rings. The summed E-state index contributed by atoms with van der Waals surface area (Å²) in [5.41, 5.74) is -2.25. The van der Waals surface area contributed by atoms with Crippen molar-refractivity contribution in [3.63, 3.8) is 0 Å². The zero-order chi connectivity index (χ0) is 16.6. The van der Waals surface area contributed by atoms with Gasteiger partial charge in [-0.3, -0.25) is 0 Å². The maximum absolute atomic E-state index is 6.22. The fraction of sp³-hybridized carbons (Fsp3) is 1.00. The molecule has 0 spiro atoms. The Labute approximate surface area is 142 Å². The van der Waals surface area contributed by atoms with Crippen LogP contribution in [0.3, 0.4) is 0 Å². The minimum Gasteiger partial charge on any atom is -0.319 e. The quantitative estimate of drug-likeness (QED) is 0.394. The average molecular weight is 355 g/mol. The van der Waals surface area contributed by atoms with E-state index in [1.807, 2.05) is 0 Å². The lowest BCUT2D eigenvalue weighted by molar-refractivity contribution is 0.143. The molecule has 0 aromatic heterocycles. The highest BCUT2D eigenvalue weighted by molar-refractivity contribution is 8.67. The predicted octanol–water partition coefficient (Wildman–Crippen LogP) is 6.50. The van der Waals surface area contributed by atoms with Crippen LogP contribution in [0.5, 0.6) is 0 Å². The van der Waals surface area contributed by atoms with Crippen LogP contribution in [-0.4, -0.2) is 18.0 Å². The first kappa shape index (κ1) is 21.9. The zero-order valence-corrected chi connectivity index (χ0v) is 17.6. The van der Waals surface area contributed by atoms with Gasteiger partial charge in [0.15, 0.2) is 0 Å². The molecule has 0 saturated heterocycles. The minimum atomic E-state index is -2.25. The SMILES string of the molecule is CC(C)CSP(=S)(OC(C)CC(C)C)OC(C)CC(C)C. The van der Waals surface area contributed by atoms with E-state index in [0.717, 1.165) is 18.6 Å². The molecule has 0 aliphatic carbocycles. The van der Waals surface area contributed by atoms with Crippen LogP contribution in [0.25, 0.3) is 0 Å². The Bertz CT molecular complexity index is 297. The number of hydrogen-bond donors (Lipinski definition) is 0. The van der Waals surface area contributed by atoms with Crippen LogP contribution in [0.4, 0.5) is 0 Å². The molecule has 0 bridgehead atoms. The minimum absolute atomic E-state index is 0.168. The van der Waals surface area contributed by atoms with Crippen molar-refractivity contribution in [2.24, 2.45) is 17.8 Å². The molecule has 2 atom stereocenters. The van der Waals surface area contributed by atoms with Gasteiger partial charge in [-0.1, -0.05) is 52.9 Å². The van der Waals surface area contributed by atoms with E-state index < -0.39 is 5.69 Å². The van der Waals surface area contributed by atoms with E-state index in [0.29, 0.717) is 17.8 Å². The van der Waals surface area contributed by atoms with E-state index in [1.165, 1.54) is 0 Å². The summed E-state index contributed by atoms with van der Waals surface area (Å²) in [6, 6.07) is 0. The highest BCUT2D eigenvalue weighted by Crippen LogP contribution is 2.63. The van der Waals surface area contributed by atoms with Gasteiger partial charge in [-0.2, -0.15) is 0 Å². The van der Waals surface area contributed by atoms with Crippen LogP contribution in [-0.2, 0) is 20.9 Å². The Hall–Kier alpha value is 0.920. The Balaban J connectivity index is 4.71. The molecular weight excluding hydrogens is 319 g/mol. The van der Waals surface area contributed by atoms with E-state index in [9.17, 15) is 0 Å². The molecule has 128 valence electrons. The molecule has 5 heteroatoms. The average Bonchev–Trinajstić information content (AvgIpc) is 2.23. The second kappa shape index (κ2) is 10.6. The largest absolute Gasteiger partial charge is 0.319 e. The van der Waals surface area contributed by atoms with Crippen molar-refractivity contribution in [1.82, 2.24) is 0 Å². The van der Waals surface area contributed by atoms with Crippen molar-refractivity contribution in [2.45, 2.75) is 80.4 Å². The summed E-state index contributed by atoms with van der Waals surface area (Å²) in [7, 11) is 0. The summed E-state index contributed by atoms with van der Waals surface area (Å²) >= 11 is 7.53. The Morgan fingerprint density at radius 3 is 1.43 bits per heavy atom. The van der Waals surface area contributed by atoms with Crippen LogP contribution >= 0.6 is 17.1 Å². The van der Waals surface area contributed by atoms with Gasteiger partial charge < -0.3 is 9.05 Å². The van der Waals surface area contributed by atoms with Gasteiger partial charge in [-0.05, 0) is 56.2 Å². The highest BCUT2D eigenvalue weighted by atomic mass is 32.9. The third kappa shape index (κ3) is 12.1. The summed E-state index contributed by atoms with van der Waals surface area (Å²) in [6.07, 6.45) is 2.40. The van der Waals surface area contributed by atoms with Gasteiger partial charge in [0.1, 0.15) is 0 Å². The molecule has 0 aromatic carbocycles. The maximum atomic E-state index is 6.22. The third-order valence-electron chi connectivity index (χ3n) is 2.79. The fourth-order valence-corrected chi connectivity index (χ4v) is 8.00. The number of rotatable bonds is 11. The molecule has 2 nitrogen and oxygen atoms in total.